The van der Waals surface area contributed by atoms with Gasteiger partial charge in [-0.15, -0.1) is 0 Å². The summed E-state index contributed by atoms with van der Waals surface area (Å²) in [4.78, 5) is 0. The van der Waals surface area contributed by atoms with Crippen LogP contribution in [0.1, 0.15) is 18.3 Å². The van der Waals surface area contributed by atoms with Gasteiger partial charge in [0.2, 0.25) is 0 Å². The molecule has 1 fully saturated rings. The highest BCUT2D eigenvalue weighted by atomic mass is 16.7. The SMILES string of the molecule is C1=CO[C@@H]2CO[C@H](c3ccccc3)O[C@@H]2C1. The molecule has 0 aromatic heterocycles. The van der Waals surface area contributed by atoms with E-state index < -0.39 is 0 Å². The molecule has 0 bridgehead atoms. The Morgan fingerprint density at radius 3 is 2.81 bits per heavy atom. The molecule has 84 valence electrons. The zero-order valence-corrected chi connectivity index (χ0v) is 8.91. The summed E-state index contributed by atoms with van der Waals surface area (Å²) < 4.78 is 17.0. The molecule has 3 nitrogen and oxygen atoms in total. The zero-order chi connectivity index (χ0) is 10.8. The average molecular weight is 218 g/mol. The average Bonchev–Trinajstić information content (AvgIpc) is 2.39. The summed E-state index contributed by atoms with van der Waals surface area (Å²) in [6, 6.07) is 10.0. The third-order valence-electron chi connectivity index (χ3n) is 2.91. The van der Waals surface area contributed by atoms with Crippen molar-refractivity contribution in [1.82, 2.24) is 0 Å². The van der Waals surface area contributed by atoms with Crippen LogP contribution in [0.4, 0.5) is 0 Å². The summed E-state index contributed by atoms with van der Waals surface area (Å²) in [5.74, 6) is 0. The molecule has 0 N–H and O–H groups in total. The first-order chi connectivity index (χ1) is 7.93. The fraction of sp³-hybridized carbons (Fsp3) is 0.385. The second kappa shape index (κ2) is 4.28. The summed E-state index contributed by atoms with van der Waals surface area (Å²) in [6.45, 7) is 0.592. The van der Waals surface area contributed by atoms with Crippen LogP contribution in [-0.2, 0) is 14.2 Å². The first-order valence-corrected chi connectivity index (χ1v) is 5.56. The van der Waals surface area contributed by atoms with Gasteiger partial charge < -0.3 is 14.2 Å². The molecular formula is C13H14O3. The smallest absolute Gasteiger partial charge is 0.184 e. The van der Waals surface area contributed by atoms with Crippen LogP contribution in [0.5, 0.6) is 0 Å². The van der Waals surface area contributed by atoms with Gasteiger partial charge in [0.1, 0.15) is 12.2 Å². The molecule has 16 heavy (non-hydrogen) atoms. The van der Waals surface area contributed by atoms with Crippen LogP contribution < -0.4 is 0 Å². The number of hydrogen-bond acceptors (Lipinski definition) is 3. The molecule has 1 aromatic carbocycles. The van der Waals surface area contributed by atoms with E-state index in [4.69, 9.17) is 14.2 Å². The maximum atomic E-state index is 5.88. The van der Waals surface area contributed by atoms with Crippen LogP contribution in [0.25, 0.3) is 0 Å². The highest BCUT2D eigenvalue weighted by molar-refractivity contribution is 5.16. The van der Waals surface area contributed by atoms with Gasteiger partial charge >= 0.3 is 0 Å². The molecule has 0 saturated carbocycles. The Balaban J connectivity index is 1.74. The Bertz CT molecular complexity index is 374. The van der Waals surface area contributed by atoms with E-state index in [-0.39, 0.29) is 18.5 Å². The fourth-order valence-electron chi connectivity index (χ4n) is 2.04. The number of rotatable bonds is 1. The van der Waals surface area contributed by atoms with Crippen molar-refractivity contribution in [3.63, 3.8) is 0 Å². The monoisotopic (exact) mass is 218 g/mol. The quantitative estimate of drug-likeness (QED) is 0.724. The molecule has 0 radical (unpaired) electrons. The summed E-state index contributed by atoms with van der Waals surface area (Å²) in [5.41, 5.74) is 1.07. The van der Waals surface area contributed by atoms with Crippen LogP contribution >= 0.6 is 0 Å². The molecule has 3 rings (SSSR count). The van der Waals surface area contributed by atoms with E-state index >= 15 is 0 Å². The third-order valence-corrected chi connectivity index (χ3v) is 2.91. The van der Waals surface area contributed by atoms with Crippen LogP contribution in [-0.4, -0.2) is 18.8 Å². The lowest BCUT2D eigenvalue weighted by Gasteiger charge is -2.37. The third kappa shape index (κ3) is 1.84. The second-order valence-electron chi connectivity index (χ2n) is 4.03. The summed E-state index contributed by atoms with van der Waals surface area (Å²) in [5, 5.41) is 0. The van der Waals surface area contributed by atoms with E-state index in [1.165, 1.54) is 0 Å². The molecule has 1 aromatic rings. The Labute approximate surface area is 94.6 Å². The molecule has 1 saturated heterocycles. The first-order valence-electron chi connectivity index (χ1n) is 5.56. The molecule has 2 heterocycles. The minimum atomic E-state index is -0.252. The van der Waals surface area contributed by atoms with Gasteiger partial charge in [-0.1, -0.05) is 30.3 Å². The van der Waals surface area contributed by atoms with Crippen molar-refractivity contribution in [2.24, 2.45) is 0 Å². The zero-order valence-electron chi connectivity index (χ0n) is 8.91. The summed E-state index contributed by atoms with van der Waals surface area (Å²) in [7, 11) is 0. The highest BCUT2D eigenvalue weighted by Gasteiger charge is 2.34. The van der Waals surface area contributed by atoms with Gasteiger partial charge in [0.15, 0.2) is 6.29 Å². The highest BCUT2D eigenvalue weighted by Crippen LogP contribution is 2.30. The van der Waals surface area contributed by atoms with Gasteiger partial charge in [0.25, 0.3) is 0 Å². The van der Waals surface area contributed by atoms with Crippen molar-refractivity contribution < 1.29 is 14.2 Å². The van der Waals surface area contributed by atoms with E-state index in [2.05, 4.69) is 0 Å². The lowest BCUT2D eigenvalue weighted by Crippen LogP contribution is -2.42. The molecule has 3 heteroatoms. The van der Waals surface area contributed by atoms with Crippen molar-refractivity contribution in [3.8, 4) is 0 Å². The molecule has 0 amide bonds. The molecule has 2 aliphatic rings. The molecular weight excluding hydrogens is 204 g/mol. The lowest BCUT2D eigenvalue weighted by atomic mass is 10.1. The van der Waals surface area contributed by atoms with Gasteiger partial charge in [-0.25, -0.2) is 0 Å². The topological polar surface area (TPSA) is 27.7 Å². The molecule has 3 atom stereocenters. The number of fused-ring (bicyclic) bond motifs is 1. The Kier molecular flexibility index (Phi) is 2.64. The maximum absolute atomic E-state index is 5.88. The summed E-state index contributed by atoms with van der Waals surface area (Å²) in [6.07, 6.45) is 4.54. The number of ether oxygens (including phenoxy) is 3. The van der Waals surface area contributed by atoms with Crippen LogP contribution in [0.15, 0.2) is 42.7 Å². The van der Waals surface area contributed by atoms with E-state index in [1.54, 1.807) is 6.26 Å². The van der Waals surface area contributed by atoms with E-state index in [1.807, 2.05) is 36.4 Å². The minimum Gasteiger partial charge on any atom is -0.493 e. The van der Waals surface area contributed by atoms with Gasteiger partial charge in [-0.05, 0) is 12.5 Å². The van der Waals surface area contributed by atoms with Crippen molar-refractivity contribution in [2.45, 2.75) is 24.9 Å². The number of hydrogen-bond donors (Lipinski definition) is 0. The molecule has 0 aliphatic carbocycles. The Morgan fingerprint density at radius 1 is 1.06 bits per heavy atom. The van der Waals surface area contributed by atoms with E-state index in [0.29, 0.717) is 6.61 Å². The van der Waals surface area contributed by atoms with Crippen molar-refractivity contribution in [3.05, 3.63) is 48.2 Å². The van der Waals surface area contributed by atoms with Gasteiger partial charge in [0.05, 0.1) is 12.9 Å². The normalized spacial score (nSPS) is 32.9. The van der Waals surface area contributed by atoms with Crippen molar-refractivity contribution in [2.75, 3.05) is 6.61 Å². The number of benzene rings is 1. The minimum absolute atomic E-state index is 0.0463. The Morgan fingerprint density at radius 2 is 1.94 bits per heavy atom. The Hall–Kier alpha value is -1.32. The molecule has 0 unspecified atom stereocenters. The molecule has 0 spiro atoms. The van der Waals surface area contributed by atoms with Crippen LogP contribution in [0, 0.1) is 0 Å². The van der Waals surface area contributed by atoms with E-state index in [0.717, 1.165) is 12.0 Å². The van der Waals surface area contributed by atoms with Crippen molar-refractivity contribution >= 4 is 0 Å². The van der Waals surface area contributed by atoms with Crippen molar-refractivity contribution in [1.29, 1.82) is 0 Å². The predicted molar refractivity (Wildman–Crippen MR) is 58.6 cm³/mol. The first kappa shape index (κ1) is 9.87. The van der Waals surface area contributed by atoms with Gasteiger partial charge in [-0.3, -0.25) is 0 Å². The van der Waals surface area contributed by atoms with Crippen LogP contribution in [0.3, 0.4) is 0 Å². The van der Waals surface area contributed by atoms with Gasteiger partial charge in [0, 0.05) is 5.56 Å². The fourth-order valence-corrected chi connectivity index (χ4v) is 2.04. The van der Waals surface area contributed by atoms with Gasteiger partial charge in [-0.2, -0.15) is 0 Å². The lowest BCUT2D eigenvalue weighted by molar-refractivity contribution is -0.259. The van der Waals surface area contributed by atoms with Crippen LogP contribution in [0.2, 0.25) is 0 Å². The summed E-state index contributed by atoms with van der Waals surface area (Å²) >= 11 is 0. The standard InChI is InChI=1S/C13H14O3/c1-2-5-10(6-3-1)13-15-9-12-11(16-13)7-4-8-14-12/h1-6,8,11-13H,7,9H2/t11-,12-,13+/m1/s1. The predicted octanol–water partition coefficient (Wildman–Crippen LogP) is 2.40. The molecule has 2 aliphatic heterocycles. The second-order valence-corrected chi connectivity index (χ2v) is 4.03. The largest absolute Gasteiger partial charge is 0.493 e. The maximum Gasteiger partial charge on any atom is 0.184 e. The van der Waals surface area contributed by atoms with E-state index in [9.17, 15) is 0 Å².